The standard InChI is InChI=1S/C17H25NO4/c1-11(2)6-7-13-5-4-8-18(13)17(21)16-12(3)10-22-14(16)9-15(19)20/h10-11,13H,4-9H2,1-3H3,(H,19,20). The van der Waals surface area contributed by atoms with Crippen molar-refractivity contribution in [1.82, 2.24) is 4.90 Å². The Morgan fingerprint density at radius 1 is 1.45 bits per heavy atom. The predicted molar refractivity (Wildman–Crippen MR) is 82.9 cm³/mol. The van der Waals surface area contributed by atoms with Gasteiger partial charge in [0.05, 0.1) is 11.8 Å². The molecule has 22 heavy (non-hydrogen) atoms. The van der Waals surface area contributed by atoms with Crippen LogP contribution < -0.4 is 0 Å². The van der Waals surface area contributed by atoms with E-state index in [0.29, 0.717) is 11.5 Å². The Kier molecular flexibility index (Phi) is 5.27. The summed E-state index contributed by atoms with van der Waals surface area (Å²) in [4.78, 5) is 25.7. The predicted octanol–water partition coefficient (Wildman–Crippen LogP) is 3.26. The SMILES string of the molecule is Cc1coc(CC(=O)O)c1C(=O)N1CCCC1CCC(C)C. The van der Waals surface area contributed by atoms with Gasteiger partial charge in [-0.15, -0.1) is 0 Å². The minimum absolute atomic E-state index is 0.0752. The lowest BCUT2D eigenvalue weighted by Crippen LogP contribution is -2.36. The van der Waals surface area contributed by atoms with Crippen molar-refractivity contribution >= 4 is 11.9 Å². The van der Waals surface area contributed by atoms with Crippen LogP contribution in [-0.4, -0.2) is 34.5 Å². The Balaban J connectivity index is 2.16. The average Bonchev–Trinajstić information content (AvgIpc) is 3.02. The van der Waals surface area contributed by atoms with E-state index in [9.17, 15) is 9.59 Å². The van der Waals surface area contributed by atoms with Gasteiger partial charge in [0.15, 0.2) is 0 Å². The third-order valence-corrected chi connectivity index (χ3v) is 4.29. The third-order valence-electron chi connectivity index (χ3n) is 4.29. The molecular weight excluding hydrogens is 282 g/mol. The van der Waals surface area contributed by atoms with Crippen LogP contribution in [0, 0.1) is 12.8 Å². The van der Waals surface area contributed by atoms with Gasteiger partial charge in [-0.2, -0.15) is 0 Å². The lowest BCUT2D eigenvalue weighted by Gasteiger charge is -2.25. The molecule has 1 aromatic rings. The highest BCUT2D eigenvalue weighted by atomic mass is 16.4. The number of hydrogen-bond donors (Lipinski definition) is 1. The molecule has 0 saturated carbocycles. The number of carboxylic acids is 1. The number of rotatable bonds is 6. The normalized spacial score (nSPS) is 18.2. The number of aryl methyl sites for hydroxylation is 1. The van der Waals surface area contributed by atoms with Crippen LogP contribution in [0.3, 0.4) is 0 Å². The van der Waals surface area contributed by atoms with Crippen molar-refractivity contribution in [3.8, 4) is 0 Å². The van der Waals surface area contributed by atoms with Crippen molar-refractivity contribution in [3.63, 3.8) is 0 Å². The summed E-state index contributed by atoms with van der Waals surface area (Å²) in [5.74, 6) is -0.171. The van der Waals surface area contributed by atoms with E-state index >= 15 is 0 Å². The zero-order valence-electron chi connectivity index (χ0n) is 13.6. The molecule has 1 N–H and O–H groups in total. The second kappa shape index (κ2) is 6.99. The average molecular weight is 307 g/mol. The maximum absolute atomic E-state index is 12.9. The first kappa shape index (κ1) is 16.6. The smallest absolute Gasteiger partial charge is 0.311 e. The van der Waals surface area contributed by atoms with Crippen molar-refractivity contribution < 1.29 is 19.1 Å². The minimum Gasteiger partial charge on any atom is -0.481 e. The summed E-state index contributed by atoms with van der Waals surface area (Å²) in [6, 6.07) is 0.266. The van der Waals surface area contributed by atoms with Gasteiger partial charge in [-0.3, -0.25) is 9.59 Å². The van der Waals surface area contributed by atoms with Crippen LogP contribution in [0.15, 0.2) is 10.7 Å². The Morgan fingerprint density at radius 3 is 2.82 bits per heavy atom. The number of hydrogen-bond acceptors (Lipinski definition) is 3. The van der Waals surface area contributed by atoms with Crippen molar-refractivity contribution in [3.05, 3.63) is 23.2 Å². The van der Waals surface area contributed by atoms with Crippen LogP contribution in [0.25, 0.3) is 0 Å². The molecule has 1 fully saturated rings. The number of carbonyl (C=O) groups is 2. The fourth-order valence-electron chi connectivity index (χ4n) is 3.13. The van der Waals surface area contributed by atoms with Gasteiger partial charge in [-0.25, -0.2) is 0 Å². The largest absolute Gasteiger partial charge is 0.481 e. The number of carbonyl (C=O) groups excluding carboxylic acids is 1. The quantitative estimate of drug-likeness (QED) is 0.875. The Hall–Kier alpha value is -1.78. The fraction of sp³-hybridized carbons (Fsp3) is 0.647. The monoisotopic (exact) mass is 307 g/mol. The lowest BCUT2D eigenvalue weighted by molar-refractivity contribution is -0.136. The van der Waals surface area contributed by atoms with E-state index in [1.54, 1.807) is 6.92 Å². The first-order valence-corrected chi connectivity index (χ1v) is 7.99. The second-order valence-corrected chi connectivity index (χ2v) is 6.55. The van der Waals surface area contributed by atoms with Crippen LogP contribution >= 0.6 is 0 Å². The molecule has 1 aromatic heterocycles. The van der Waals surface area contributed by atoms with Crippen LogP contribution in [-0.2, 0) is 11.2 Å². The molecule has 1 saturated heterocycles. The van der Waals surface area contributed by atoms with E-state index in [1.807, 2.05) is 4.90 Å². The number of amides is 1. The molecule has 1 unspecified atom stereocenters. The summed E-state index contributed by atoms with van der Waals surface area (Å²) in [6.07, 6.45) is 5.38. The highest BCUT2D eigenvalue weighted by Gasteiger charge is 2.32. The molecule has 0 bridgehead atoms. The summed E-state index contributed by atoms with van der Waals surface area (Å²) in [5, 5.41) is 8.96. The number of furan rings is 1. The maximum Gasteiger partial charge on any atom is 0.311 e. The van der Waals surface area contributed by atoms with Gasteiger partial charge in [-0.1, -0.05) is 13.8 Å². The van der Waals surface area contributed by atoms with Gasteiger partial charge < -0.3 is 14.4 Å². The van der Waals surface area contributed by atoms with Crippen LogP contribution in [0.5, 0.6) is 0 Å². The van der Waals surface area contributed by atoms with Gasteiger partial charge in [0.2, 0.25) is 0 Å². The van der Waals surface area contributed by atoms with Crippen molar-refractivity contribution in [2.45, 2.75) is 58.9 Å². The van der Waals surface area contributed by atoms with Gasteiger partial charge >= 0.3 is 5.97 Å². The van der Waals surface area contributed by atoms with Crippen molar-refractivity contribution in [2.24, 2.45) is 5.92 Å². The van der Waals surface area contributed by atoms with E-state index in [-0.39, 0.29) is 24.1 Å². The minimum atomic E-state index is -0.985. The molecule has 5 heteroatoms. The topological polar surface area (TPSA) is 70.7 Å². The number of carboxylic acid groups (broad SMARTS) is 1. The Morgan fingerprint density at radius 2 is 2.18 bits per heavy atom. The molecular formula is C17H25NO4. The van der Waals surface area contributed by atoms with E-state index in [1.165, 1.54) is 6.26 Å². The highest BCUT2D eigenvalue weighted by Crippen LogP contribution is 2.28. The Labute approximate surface area is 131 Å². The summed E-state index contributed by atoms with van der Waals surface area (Å²) >= 11 is 0. The molecule has 1 aliphatic rings. The van der Waals surface area contributed by atoms with E-state index < -0.39 is 5.97 Å². The van der Waals surface area contributed by atoms with Crippen LogP contribution in [0.2, 0.25) is 0 Å². The van der Waals surface area contributed by atoms with Crippen molar-refractivity contribution in [1.29, 1.82) is 0 Å². The lowest BCUT2D eigenvalue weighted by atomic mass is 10.0. The molecule has 0 spiro atoms. The molecule has 0 aromatic carbocycles. The van der Waals surface area contributed by atoms with Crippen LogP contribution in [0.1, 0.15) is 61.2 Å². The molecule has 1 amide bonds. The summed E-state index contributed by atoms with van der Waals surface area (Å²) in [7, 11) is 0. The number of likely N-dealkylation sites (tertiary alicyclic amines) is 1. The first-order valence-electron chi connectivity index (χ1n) is 7.99. The maximum atomic E-state index is 12.9. The zero-order valence-corrected chi connectivity index (χ0v) is 13.6. The van der Waals surface area contributed by atoms with E-state index in [2.05, 4.69) is 13.8 Å². The first-order chi connectivity index (χ1) is 10.4. The molecule has 1 atom stereocenters. The summed E-state index contributed by atoms with van der Waals surface area (Å²) < 4.78 is 5.29. The van der Waals surface area contributed by atoms with Gasteiger partial charge in [-0.05, 0) is 38.5 Å². The second-order valence-electron chi connectivity index (χ2n) is 6.55. The number of aliphatic carboxylic acids is 1. The zero-order chi connectivity index (χ0) is 16.3. The third kappa shape index (κ3) is 3.70. The summed E-state index contributed by atoms with van der Waals surface area (Å²) in [5.41, 5.74) is 1.16. The van der Waals surface area contributed by atoms with E-state index in [0.717, 1.165) is 37.8 Å². The molecule has 5 nitrogen and oxygen atoms in total. The van der Waals surface area contributed by atoms with E-state index in [4.69, 9.17) is 9.52 Å². The van der Waals surface area contributed by atoms with Gasteiger partial charge in [0, 0.05) is 18.2 Å². The molecule has 0 aliphatic carbocycles. The molecule has 0 radical (unpaired) electrons. The molecule has 122 valence electrons. The van der Waals surface area contributed by atoms with Gasteiger partial charge in [0.1, 0.15) is 12.2 Å². The van der Waals surface area contributed by atoms with Crippen LogP contribution in [0.4, 0.5) is 0 Å². The molecule has 2 rings (SSSR count). The number of nitrogens with zero attached hydrogens (tertiary/aromatic N) is 1. The Bertz CT molecular complexity index is 547. The van der Waals surface area contributed by atoms with Crippen molar-refractivity contribution in [2.75, 3.05) is 6.54 Å². The molecule has 2 heterocycles. The molecule has 1 aliphatic heterocycles. The fourth-order valence-corrected chi connectivity index (χ4v) is 3.13. The van der Waals surface area contributed by atoms with Gasteiger partial charge in [0.25, 0.3) is 5.91 Å². The highest BCUT2D eigenvalue weighted by molar-refractivity contribution is 5.97. The summed E-state index contributed by atoms with van der Waals surface area (Å²) in [6.45, 7) is 6.92.